The number of hydrogen-bond acceptors (Lipinski definition) is 3. The maximum atomic E-state index is 14.0. The lowest BCUT2D eigenvalue weighted by Crippen LogP contribution is -2.47. The third kappa shape index (κ3) is 6.18. The molecule has 226 valence electrons. The summed E-state index contributed by atoms with van der Waals surface area (Å²) in [5, 5.41) is 0. The average molecular weight is 589 g/mol. The number of piperidine rings is 1. The molecule has 1 amide bonds. The highest BCUT2D eigenvalue weighted by Gasteiger charge is 2.43. The van der Waals surface area contributed by atoms with Gasteiger partial charge in [-0.15, -0.1) is 0 Å². The fourth-order valence-electron chi connectivity index (χ4n) is 6.86. The van der Waals surface area contributed by atoms with Crippen LogP contribution in [0.1, 0.15) is 41.8 Å². The van der Waals surface area contributed by atoms with Crippen LogP contribution in [0.4, 0.5) is 4.39 Å². The number of nitrogens with zero attached hydrogens (tertiary/aromatic N) is 4. The molecule has 0 bridgehead atoms. The second-order valence-corrected chi connectivity index (χ2v) is 12.3. The highest BCUT2D eigenvalue weighted by Crippen LogP contribution is 2.38. The first-order chi connectivity index (χ1) is 21.4. The largest absolute Gasteiger partial charge is 0.348 e. The van der Waals surface area contributed by atoms with E-state index in [0.717, 1.165) is 78.9 Å². The summed E-state index contributed by atoms with van der Waals surface area (Å²) in [6.45, 7) is 3.52. The Labute approximate surface area is 260 Å². The maximum absolute atomic E-state index is 14.0. The van der Waals surface area contributed by atoms with E-state index in [1.165, 1.54) is 12.1 Å². The molecule has 0 N–H and O–H groups in total. The van der Waals surface area contributed by atoms with Crippen LogP contribution in [0.25, 0.3) is 11.0 Å². The topological polar surface area (TPSA) is 41.4 Å². The van der Waals surface area contributed by atoms with Gasteiger partial charge in [-0.3, -0.25) is 4.79 Å². The molecule has 1 aromatic heterocycles. The molecule has 5 aromatic rings. The minimum atomic E-state index is -0.742. The van der Waals surface area contributed by atoms with Gasteiger partial charge < -0.3 is 14.4 Å². The fourth-order valence-corrected chi connectivity index (χ4v) is 6.86. The van der Waals surface area contributed by atoms with Crippen LogP contribution in [-0.4, -0.2) is 59.0 Å². The van der Waals surface area contributed by atoms with Crippen molar-refractivity contribution in [1.82, 2.24) is 19.4 Å². The number of likely N-dealkylation sites (N-methyl/N-ethyl adjacent to an activating group) is 1. The Kier molecular flexibility index (Phi) is 8.89. The highest BCUT2D eigenvalue weighted by atomic mass is 19.1. The Balaban J connectivity index is 1.17. The predicted molar refractivity (Wildman–Crippen MR) is 175 cm³/mol. The Morgan fingerprint density at radius 1 is 0.841 bits per heavy atom. The first kappa shape index (κ1) is 29.8. The number of hydrogen-bond donors (Lipinski definition) is 0. The zero-order valence-corrected chi connectivity index (χ0v) is 25.7. The third-order valence-corrected chi connectivity index (χ3v) is 9.27. The summed E-state index contributed by atoms with van der Waals surface area (Å²) in [7, 11) is 3.72. The van der Waals surface area contributed by atoms with Gasteiger partial charge in [-0.05, 0) is 85.8 Å². The van der Waals surface area contributed by atoms with Gasteiger partial charge in [0.25, 0.3) is 0 Å². The van der Waals surface area contributed by atoms with Crippen LogP contribution in [0, 0.1) is 11.7 Å². The number of imidazole rings is 1. The van der Waals surface area contributed by atoms with Crippen LogP contribution in [-0.2, 0) is 23.2 Å². The lowest BCUT2D eigenvalue weighted by molar-refractivity contribution is -0.133. The summed E-state index contributed by atoms with van der Waals surface area (Å²) < 4.78 is 15.9. The number of aromatic nitrogens is 2. The number of carbonyl (C=O) groups excluding carboxylic acids is 1. The van der Waals surface area contributed by atoms with Gasteiger partial charge in [-0.25, -0.2) is 9.37 Å². The summed E-state index contributed by atoms with van der Waals surface area (Å²) in [5.74, 6) is 1.53. The van der Waals surface area contributed by atoms with E-state index in [-0.39, 0.29) is 11.7 Å². The molecule has 0 aliphatic carbocycles. The highest BCUT2D eigenvalue weighted by molar-refractivity contribution is 5.92. The van der Waals surface area contributed by atoms with E-state index >= 15 is 0 Å². The summed E-state index contributed by atoms with van der Waals surface area (Å²) in [4.78, 5) is 23.3. The van der Waals surface area contributed by atoms with E-state index in [1.807, 2.05) is 68.7 Å². The van der Waals surface area contributed by atoms with Crippen molar-refractivity contribution in [3.05, 3.63) is 138 Å². The quantitative estimate of drug-likeness (QED) is 0.177. The van der Waals surface area contributed by atoms with Crippen molar-refractivity contribution in [1.29, 1.82) is 0 Å². The number of rotatable bonds is 10. The van der Waals surface area contributed by atoms with Crippen molar-refractivity contribution in [3.63, 3.8) is 0 Å². The van der Waals surface area contributed by atoms with Gasteiger partial charge in [-0.1, -0.05) is 84.9 Å². The van der Waals surface area contributed by atoms with Crippen molar-refractivity contribution in [2.75, 3.05) is 33.7 Å². The molecule has 6 heteroatoms. The molecular weight excluding hydrogens is 547 g/mol. The molecule has 1 fully saturated rings. The molecule has 1 saturated heterocycles. The van der Waals surface area contributed by atoms with Crippen molar-refractivity contribution in [3.8, 4) is 0 Å². The first-order valence-corrected chi connectivity index (χ1v) is 15.7. The lowest BCUT2D eigenvalue weighted by Gasteiger charge is -2.39. The molecule has 1 aliphatic rings. The van der Waals surface area contributed by atoms with Crippen LogP contribution < -0.4 is 0 Å². The van der Waals surface area contributed by atoms with E-state index in [9.17, 15) is 9.18 Å². The molecule has 0 saturated carbocycles. The number of likely N-dealkylation sites (tertiary alicyclic amines) is 1. The SMILES string of the molecule is CN(C)C(=O)C(CCN1CCC(Cc2nc3ccccc3n2Cc2ccc(F)cc2)CC1)(c1ccccc1)c1ccccc1. The molecule has 44 heavy (non-hydrogen) atoms. The van der Waals surface area contributed by atoms with Gasteiger partial charge in [0.05, 0.1) is 11.0 Å². The predicted octanol–water partition coefficient (Wildman–Crippen LogP) is 6.94. The third-order valence-electron chi connectivity index (χ3n) is 9.27. The molecule has 5 nitrogen and oxygen atoms in total. The summed E-state index contributed by atoms with van der Waals surface area (Å²) in [6, 6.07) is 35.6. The number of para-hydroxylation sites is 2. The second kappa shape index (κ2) is 13.1. The normalized spacial score (nSPS) is 14.6. The maximum Gasteiger partial charge on any atom is 0.237 e. The molecule has 0 spiro atoms. The summed E-state index contributed by atoms with van der Waals surface area (Å²) in [5.41, 5.74) is 4.53. The second-order valence-electron chi connectivity index (χ2n) is 12.3. The van der Waals surface area contributed by atoms with Crippen LogP contribution in [0.2, 0.25) is 0 Å². The van der Waals surface area contributed by atoms with Crippen molar-refractivity contribution < 1.29 is 9.18 Å². The van der Waals surface area contributed by atoms with E-state index in [2.05, 4.69) is 51.9 Å². The van der Waals surface area contributed by atoms with Crippen LogP contribution >= 0.6 is 0 Å². The van der Waals surface area contributed by atoms with Gasteiger partial charge in [0, 0.05) is 27.1 Å². The van der Waals surface area contributed by atoms with Crippen molar-refractivity contribution in [2.45, 2.75) is 37.6 Å². The monoisotopic (exact) mass is 588 g/mol. The molecule has 0 unspecified atom stereocenters. The molecule has 6 rings (SSSR count). The zero-order chi connectivity index (χ0) is 30.5. The molecule has 0 atom stereocenters. The summed E-state index contributed by atoms with van der Waals surface area (Å²) in [6.07, 6.45) is 3.81. The fraction of sp³-hybridized carbons (Fsp3) is 0.316. The van der Waals surface area contributed by atoms with Gasteiger partial charge in [0.15, 0.2) is 0 Å². The van der Waals surface area contributed by atoms with Gasteiger partial charge in [0.2, 0.25) is 5.91 Å². The Bertz CT molecular complexity index is 1630. The standard InChI is InChI=1S/C38H41FN4O/c1-41(2)37(44)38(31-11-5-3-6-12-31,32-13-7-4-8-14-32)23-26-42-24-21-29(22-25-42)27-36-40-34-15-9-10-16-35(34)43(36)28-30-17-19-33(39)20-18-30/h3-20,29H,21-28H2,1-2H3. The smallest absolute Gasteiger partial charge is 0.237 e. The number of benzene rings is 4. The van der Waals surface area contributed by atoms with Gasteiger partial charge in [0.1, 0.15) is 17.1 Å². The number of carbonyl (C=O) groups is 1. The van der Waals surface area contributed by atoms with Crippen molar-refractivity contribution in [2.24, 2.45) is 5.92 Å². The van der Waals surface area contributed by atoms with E-state index in [4.69, 9.17) is 4.98 Å². The number of fused-ring (bicyclic) bond motifs is 1. The van der Waals surface area contributed by atoms with Gasteiger partial charge in [-0.2, -0.15) is 0 Å². The van der Waals surface area contributed by atoms with Crippen LogP contribution in [0.15, 0.2) is 109 Å². The molecule has 2 heterocycles. The number of amides is 1. The Morgan fingerprint density at radius 2 is 1.43 bits per heavy atom. The minimum absolute atomic E-state index is 0.116. The number of halogens is 1. The van der Waals surface area contributed by atoms with Crippen LogP contribution in [0.3, 0.4) is 0 Å². The Morgan fingerprint density at radius 3 is 2.05 bits per heavy atom. The molecule has 0 radical (unpaired) electrons. The molecule has 1 aliphatic heterocycles. The van der Waals surface area contributed by atoms with Crippen LogP contribution in [0.5, 0.6) is 0 Å². The zero-order valence-electron chi connectivity index (χ0n) is 25.7. The summed E-state index contributed by atoms with van der Waals surface area (Å²) >= 11 is 0. The van der Waals surface area contributed by atoms with E-state index < -0.39 is 5.41 Å². The van der Waals surface area contributed by atoms with E-state index in [1.54, 1.807) is 4.90 Å². The van der Waals surface area contributed by atoms with Crippen molar-refractivity contribution >= 4 is 16.9 Å². The Hall–Kier alpha value is -4.29. The molecular formula is C38H41FN4O. The van der Waals surface area contributed by atoms with E-state index in [0.29, 0.717) is 12.5 Å². The molecule has 4 aromatic carbocycles. The lowest BCUT2D eigenvalue weighted by atomic mass is 9.70. The average Bonchev–Trinajstić information content (AvgIpc) is 3.40. The first-order valence-electron chi connectivity index (χ1n) is 15.7. The minimum Gasteiger partial charge on any atom is -0.348 e. The van der Waals surface area contributed by atoms with Gasteiger partial charge >= 0.3 is 0 Å².